The normalized spacial score (nSPS) is 13.3. The zero-order valence-corrected chi connectivity index (χ0v) is 12.6. The first kappa shape index (κ1) is 15.5. The molecular formula is C14H11ClF3N5. The van der Waals surface area contributed by atoms with Crippen LogP contribution in [0.1, 0.15) is 24.4 Å². The Morgan fingerprint density at radius 2 is 1.87 bits per heavy atom. The first-order chi connectivity index (χ1) is 10.9. The van der Waals surface area contributed by atoms with Crippen LogP contribution < -0.4 is 5.32 Å². The third kappa shape index (κ3) is 3.07. The van der Waals surface area contributed by atoms with Gasteiger partial charge in [-0.2, -0.15) is 17.7 Å². The third-order valence-electron chi connectivity index (χ3n) is 3.25. The number of nitrogens with zero attached hydrogens (tertiary/aromatic N) is 4. The fraction of sp³-hybridized carbons (Fsp3) is 0.214. The molecule has 0 aliphatic rings. The lowest BCUT2D eigenvalue weighted by Gasteiger charge is -2.16. The average molecular weight is 342 g/mol. The first-order valence-corrected chi connectivity index (χ1v) is 7.04. The lowest BCUT2D eigenvalue weighted by molar-refractivity contribution is -0.146. The van der Waals surface area contributed by atoms with E-state index >= 15 is 0 Å². The number of hydrogen-bond donors (Lipinski definition) is 1. The predicted octanol–water partition coefficient (Wildman–Crippen LogP) is 3.97. The molecule has 1 unspecified atom stereocenters. The standard InChI is InChI=1S/C14H11ClF3N5/c1-8(9-4-2-3-5-10(9)15)19-11-6-7-12-20-21-13(14(16,17)18)23(12)22-11/h2-8H,1H3,(H,19,22). The number of rotatable bonds is 3. The summed E-state index contributed by atoms with van der Waals surface area (Å²) in [7, 11) is 0. The molecule has 3 rings (SSSR count). The molecule has 0 bridgehead atoms. The summed E-state index contributed by atoms with van der Waals surface area (Å²) in [6, 6.07) is 9.92. The van der Waals surface area contributed by atoms with Crippen molar-refractivity contribution in [3.8, 4) is 0 Å². The van der Waals surface area contributed by atoms with Gasteiger partial charge in [-0.15, -0.1) is 15.3 Å². The van der Waals surface area contributed by atoms with Gasteiger partial charge in [-0.1, -0.05) is 29.8 Å². The summed E-state index contributed by atoms with van der Waals surface area (Å²) < 4.78 is 39.3. The molecule has 3 aromatic rings. The van der Waals surface area contributed by atoms with Crippen molar-refractivity contribution in [2.75, 3.05) is 5.32 Å². The number of fused-ring (bicyclic) bond motifs is 1. The Morgan fingerprint density at radius 1 is 1.13 bits per heavy atom. The van der Waals surface area contributed by atoms with Gasteiger partial charge in [-0.25, -0.2) is 0 Å². The topological polar surface area (TPSA) is 55.1 Å². The van der Waals surface area contributed by atoms with Gasteiger partial charge in [-0.05, 0) is 30.7 Å². The van der Waals surface area contributed by atoms with Gasteiger partial charge >= 0.3 is 6.18 Å². The maximum absolute atomic E-state index is 12.9. The molecule has 1 atom stereocenters. The zero-order chi connectivity index (χ0) is 16.6. The monoisotopic (exact) mass is 341 g/mol. The van der Waals surface area contributed by atoms with Crippen LogP contribution in [0.15, 0.2) is 36.4 Å². The molecule has 1 N–H and O–H groups in total. The SMILES string of the molecule is CC(Nc1ccc2nnc(C(F)(F)F)n2n1)c1ccccc1Cl. The molecule has 9 heteroatoms. The van der Waals surface area contributed by atoms with E-state index in [4.69, 9.17) is 11.6 Å². The maximum Gasteiger partial charge on any atom is 0.453 e. The Bertz CT molecular complexity index is 846. The van der Waals surface area contributed by atoms with Crippen molar-refractivity contribution in [3.05, 3.63) is 52.8 Å². The van der Waals surface area contributed by atoms with Crippen molar-refractivity contribution in [2.24, 2.45) is 0 Å². The average Bonchev–Trinajstić information content (AvgIpc) is 2.90. The summed E-state index contributed by atoms with van der Waals surface area (Å²) in [5.41, 5.74) is 0.837. The smallest absolute Gasteiger partial charge is 0.362 e. The summed E-state index contributed by atoms with van der Waals surface area (Å²) in [5.74, 6) is -0.906. The maximum atomic E-state index is 12.9. The van der Waals surface area contributed by atoms with E-state index in [1.807, 2.05) is 19.1 Å². The van der Waals surface area contributed by atoms with Crippen molar-refractivity contribution in [1.82, 2.24) is 19.8 Å². The van der Waals surface area contributed by atoms with Crippen molar-refractivity contribution >= 4 is 23.1 Å². The van der Waals surface area contributed by atoms with Gasteiger partial charge in [-0.3, -0.25) is 0 Å². The highest BCUT2D eigenvalue weighted by Gasteiger charge is 2.37. The Labute approximate surface area is 134 Å². The van der Waals surface area contributed by atoms with Gasteiger partial charge in [0.05, 0.1) is 6.04 Å². The quantitative estimate of drug-likeness (QED) is 0.783. The molecule has 0 spiro atoms. The molecule has 23 heavy (non-hydrogen) atoms. The second kappa shape index (κ2) is 5.69. The molecule has 0 aliphatic heterocycles. The number of halogens is 4. The predicted molar refractivity (Wildman–Crippen MR) is 79.3 cm³/mol. The highest BCUT2D eigenvalue weighted by atomic mass is 35.5. The second-order valence-electron chi connectivity index (χ2n) is 4.90. The van der Waals surface area contributed by atoms with Crippen LogP contribution in [0.25, 0.3) is 5.65 Å². The molecule has 2 heterocycles. The summed E-state index contributed by atoms with van der Waals surface area (Å²) in [6.07, 6.45) is -4.63. The minimum absolute atomic E-state index is 0.0215. The fourth-order valence-electron chi connectivity index (χ4n) is 2.17. The molecule has 0 fully saturated rings. The minimum Gasteiger partial charge on any atom is -0.362 e. The van der Waals surface area contributed by atoms with Crippen molar-refractivity contribution in [2.45, 2.75) is 19.1 Å². The molecule has 0 radical (unpaired) electrons. The van der Waals surface area contributed by atoms with E-state index in [1.165, 1.54) is 12.1 Å². The van der Waals surface area contributed by atoms with Crippen molar-refractivity contribution in [3.63, 3.8) is 0 Å². The van der Waals surface area contributed by atoms with E-state index in [9.17, 15) is 13.2 Å². The Hall–Kier alpha value is -2.35. The van der Waals surface area contributed by atoms with Gasteiger partial charge in [0.15, 0.2) is 5.65 Å². The van der Waals surface area contributed by atoms with Crippen LogP contribution in [0.3, 0.4) is 0 Å². The highest BCUT2D eigenvalue weighted by molar-refractivity contribution is 6.31. The van der Waals surface area contributed by atoms with Gasteiger partial charge in [0, 0.05) is 5.02 Å². The van der Waals surface area contributed by atoms with Crippen molar-refractivity contribution in [1.29, 1.82) is 0 Å². The summed E-state index contributed by atoms with van der Waals surface area (Å²) in [5, 5.41) is 14.1. The van der Waals surface area contributed by atoms with Gasteiger partial charge in [0.1, 0.15) is 5.82 Å². The summed E-state index contributed by atoms with van der Waals surface area (Å²) in [4.78, 5) is 0. The Morgan fingerprint density at radius 3 is 2.57 bits per heavy atom. The molecule has 1 aromatic carbocycles. The van der Waals surface area contributed by atoms with E-state index in [2.05, 4.69) is 20.6 Å². The zero-order valence-electron chi connectivity index (χ0n) is 11.8. The van der Waals surface area contributed by atoms with Crippen LogP contribution in [-0.2, 0) is 6.18 Å². The lowest BCUT2D eigenvalue weighted by Crippen LogP contribution is -2.14. The van der Waals surface area contributed by atoms with Gasteiger partial charge in [0.25, 0.3) is 5.82 Å². The number of nitrogens with one attached hydrogen (secondary N) is 1. The van der Waals surface area contributed by atoms with Crippen LogP contribution in [0, 0.1) is 0 Å². The number of aromatic nitrogens is 4. The van der Waals surface area contributed by atoms with E-state index in [1.54, 1.807) is 12.1 Å². The van der Waals surface area contributed by atoms with E-state index in [0.29, 0.717) is 9.54 Å². The molecule has 0 aliphatic carbocycles. The summed E-state index contributed by atoms with van der Waals surface area (Å²) >= 11 is 6.11. The van der Waals surface area contributed by atoms with Gasteiger partial charge < -0.3 is 5.32 Å². The largest absolute Gasteiger partial charge is 0.453 e. The Kier molecular flexibility index (Phi) is 3.85. The molecule has 120 valence electrons. The number of hydrogen-bond acceptors (Lipinski definition) is 4. The number of anilines is 1. The second-order valence-corrected chi connectivity index (χ2v) is 5.30. The summed E-state index contributed by atoms with van der Waals surface area (Å²) in [6.45, 7) is 1.84. The number of alkyl halides is 3. The molecule has 2 aromatic heterocycles. The molecule has 5 nitrogen and oxygen atoms in total. The van der Waals surface area contributed by atoms with Crippen LogP contribution in [0.5, 0.6) is 0 Å². The van der Waals surface area contributed by atoms with Gasteiger partial charge in [0.2, 0.25) is 0 Å². The van der Waals surface area contributed by atoms with E-state index in [0.717, 1.165) is 5.56 Å². The first-order valence-electron chi connectivity index (χ1n) is 6.67. The van der Waals surface area contributed by atoms with E-state index in [-0.39, 0.29) is 17.5 Å². The van der Waals surface area contributed by atoms with Crippen LogP contribution in [0.2, 0.25) is 5.02 Å². The Balaban J connectivity index is 1.93. The lowest BCUT2D eigenvalue weighted by atomic mass is 10.1. The number of benzene rings is 1. The third-order valence-corrected chi connectivity index (χ3v) is 3.60. The molecule has 0 amide bonds. The van der Waals surface area contributed by atoms with Crippen LogP contribution in [-0.4, -0.2) is 19.8 Å². The molecule has 0 saturated heterocycles. The molecular weight excluding hydrogens is 331 g/mol. The minimum atomic E-state index is -4.63. The highest BCUT2D eigenvalue weighted by Crippen LogP contribution is 2.28. The van der Waals surface area contributed by atoms with Crippen LogP contribution >= 0.6 is 11.6 Å². The van der Waals surface area contributed by atoms with E-state index < -0.39 is 12.0 Å². The molecule has 0 saturated carbocycles. The van der Waals surface area contributed by atoms with Crippen LogP contribution in [0.4, 0.5) is 19.0 Å². The van der Waals surface area contributed by atoms with Crippen molar-refractivity contribution < 1.29 is 13.2 Å². The fourth-order valence-corrected chi connectivity index (χ4v) is 2.47.